The molecule has 0 saturated carbocycles. The number of thiazole rings is 1. The molecule has 0 fully saturated rings. The number of nitrogens with one attached hydrogen (secondary N) is 1. The van der Waals surface area contributed by atoms with Crippen LogP contribution in [0.25, 0.3) is 21.6 Å². The fourth-order valence-corrected chi connectivity index (χ4v) is 3.40. The van der Waals surface area contributed by atoms with Gasteiger partial charge in [0.05, 0.1) is 15.2 Å². The summed E-state index contributed by atoms with van der Waals surface area (Å²) in [6.45, 7) is 1.97. The van der Waals surface area contributed by atoms with Gasteiger partial charge in [0.25, 0.3) is 0 Å². The Bertz CT molecular complexity index is 1060. The van der Waals surface area contributed by atoms with E-state index in [9.17, 15) is 4.79 Å². The maximum absolute atomic E-state index is 12.2. The molecule has 0 unspecified atom stereocenters. The fraction of sp³-hybridized carbons (Fsp3) is 0.167. The van der Waals surface area contributed by atoms with Gasteiger partial charge in [-0.15, -0.1) is 11.3 Å². The van der Waals surface area contributed by atoms with Gasteiger partial charge in [-0.25, -0.2) is 4.98 Å². The van der Waals surface area contributed by atoms with Gasteiger partial charge in [-0.3, -0.25) is 9.78 Å². The second kappa shape index (κ2) is 7.01. The summed E-state index contributed by atoms with van der Waals surface area (Å²) in [5.41, 5.74) is 2.53. The molecule has 0 aliphatic carbocycles. The monoisotopic (exact) mass is 365 g/mol. The predicted octanol–water partition coefficient (Wildman–Crippen LogP) is 3.62. The Morgan fingerprint density at radius 1 is 1.19 bits per heavy atom. The Balaban J connectivity index is 1.37. The number of anilines is 1. The van der Waals surface area contributed by atoms with Gasteiger partial charge in [0, 0.05) is 36.5 Å². The molecule has 0 spiro atoms. The van der Waals surface area contributed by atoms with E-state index < -0.39 is 0 Å². The summed E-state index contributed by atoms with van der Waals surface area (Å²) in [6, 6.07) is 9.31. The average molecular weight is 365 g/mol. The Kier molecular flexibility index (Phi) is 4.40. The number of benzene rings is 1. The third-order valence-corrected chi connectivity index (χ3v) is 4.69. The summed E-state index contributed by atoms with van der Waals surface area (Å²) >= 11 is 1.60. The number of aryl methyl sites for hydroxylation is 2. The van der Waals surface area contributed by atoms with Crippen LogP contribution in [0.4, 0.5) is 5.69 Å². The highest BCUT2D eigenvalue weighted by atomic mass is 32.1. The number of pyridine rings is 1. The Morgan fingerprint density at radius 3 is 2.88 bits per heavy atom. The van der Waals surface area contributed by atoms with E-state index in [4.69, 9.17) is 4.52 Å². The first kappa shape index (κ1) is 16.3. The van der Waals surface area contributed by atoms with E-state index in [0.29, 0.717) is 18.1 Å². The number of rotatable bonds is 5. The molecule has 1 aromatic carbocycles. The van der Waals surface area contributed by atoms with Gasteiger partial charge in [0.1, 0.15) is 0 Å². The van der Waals surface area contributed by atoms with E-state index in [2.05, 4.69) is 25.4 Å². The van der Waals surface area contributed by atoms with Gasteiger partial charge in [-0.1, -0.05) is 5.16 Å². The van der Waals surface area contributed by atoms with E-state index in [1.165, 1.54) is 0 Å². The molecule has 7 nitrogen and oxygen atoms in total. The molecule has 0 radical (unpaired) electrons. The standard InChI is InChI=1S/C18H15N5O2S/c1-11-20-14-3-2-13(10-15(14)26-11)21-16(24)4-5-17-22-18(23-25-17)12-6-8-19-9-7-12/h2-3,6-10H,4-5H2,1H3,(H,21,24). The minimum atomic E-state index is -0.103. The molecule has 4 aromatic rings. The fourth-order valence-electron chi connectivity index (χ4n) is 2.54. The number of amides is 1. The predicted molar refractivity (Wildman–Crippen MR) is 98.8 cm³/mol. The van der Waals surface area contributed by atoms with Crippen LogP contribution in [0.15, 0.2) is 47.2 Å². The summed E-state index contributed by atoms with van der Waals surface area (Å²) in [5.74, 6) is 0.823. The van der Waals surface area contributed by atoms with Gasteiger partial charge >= 0.3 is 0 Å². The molecule has 8 heteroatoms. The van der Waals surface area contributed by atoms with Crippen LogP contribution >= 0.6 is 11.3 Å². The third-order valence-electron chi connectivity index (χ3n) is 3.75. The van der Waals surface area contributed by atoms with Crippen molar-refractivity contribution in [2.75, 3.05) is 5.32 Å². The zero-order valence-electron chi connectivity index (χ0n) is 14.0. The molecule has 3 heterocycles. The molecule has 0 aliphatic rings. The molecule has 1 N–H and O–H groups in total. The van der Waals surface area contributed by atoms with Gasteiger partial charge < -0.3 is 9.84 Å². The van der Waals surface area contributed by atoms with Crippen LogP contribution in [0, 0.1) is 6.92 Å². The number of hydrogen-bond donors (Lipinski definition) is 1. The van der Waals surface area contributed by atoms with Crippen LogP contribution in [0.5, 0.6) is 0 Å². The molecular formula is C18H15N5O2S. The average Bonchev–Trinajstić information content (AvgIpc) is 3.26. The zero-order valence-corrected chi connectivity index (χ0v) is 14.8. The normalized spacial score (nSPS) is 11.0. The van der Waals surface area contributed by atoms with Gasteiger partial charge in [0.2, 0.25) is 17.6 Å². The second-order valence-corrected chi connectivity index (χ2v) is 6.95. The first-order valence-corrected chi connectivity index (χ1v) is 8.89. The molecule has 1 amide bonds. The van der Waals surface area contributed by atoms with Crippen LogP contribution in [0.3, 0.4) is 0 Å². The Labute approximate surface area is 153 Å². The van der Waals surface area contributed by atoms with E-state index >= 15 is 0 Å². The molecule has 0 bridgehead atoms. The molecule has 130 valence electrons. The molecule has 4 rings (SSSR count). The van der Waals surface area contributed by atoms with Crippen molar-refractivity contribution >= 4 is 33.1 Å². The lowest BCUT2D eigenvalue weighted by molar-refractivity contribution is -0.116. The number of nitrogens with zero attached hydrogens (tertiary/aromatic N) is 4. The first-order valence-electron chi connectivity index (χ1n) is 8.07. The first-order chi connectivity index (χ1) is 12.7. The van der Waals surface area contributed by atoms with Crippen molar-refractivity contribution in [3.63, 3.8) is 0 Å². The van der Waals surface area contributed by atoms with Gasteiger partial charge in [-0.05, 0) is 37.3 Å². The molecule has 0 atom stereocenters. The van der Waals surface area contributed by atoms with Crippen LogP contribution in [0.1, 0.15) is 17.3 Å². The topological polar surface area (TPSA) is 93.8 Å². The minimum absolute atomic E-state index is 0.103. The lowest BCUT2D eigenvalue weighted by atomic mass is 10.2. The van der Waals surface area contributed by atoms with E-state index in [1.54, 1.807) is 35.9 Å². The quantitative estimate of drug-likeness (QED) is 0.580. The van der Waals surface area contributed by atoms with Crippen molar-refractivity contribution in [3.8, 4) is 11.4 Å². The molecule has 0 saturated heterocycles. The van der Waals surface area contributed by atoms with Crippen molar-refractivity contribution in [2.24, 2.45) is 0 Å². The number of hydrogen-bond acceptors (Lipinski definition) is 7. The van der Waals surface area contributed by atoms with Crippen molar-refractivity contribution in [3.05, 3.63) is 53.6 Å². The van der Waals surface area contributed by atoms with Crippen molar-refractivity contribution in [1.29, 1.82) is 0 Å². The zero-order chi connectivity index (χ0) is 17.9. The third kappa shape index (κ3) is 3.60. The largest absolute Gasteiger partial charge is 0.339 e. The summed E-state index contributed by atoms with van der Waals surface area (Å²) in [6.07, 6.45) is 3.98. The van der Waals surface area contributed by atoms with E-state index in [1.807, 2.05) is 25.1 Å². The summed E-state index contributed by atoms with van der Waals surface area (Å²) in [5, 5.41) is 7.83. The molecule has 26 heavy (non-hydrogen) atoms. The van der Waals surface area contributed by atoms with Crippen LogP contribution in [-0.4, -0.2) is 26.0 Å². The van der Waals surface area contributed by atoms with Crippen LogP contribution in [0.2, 0.25) is 0 Å². The van der Waals surface area contributed by atoms with Crippen LogP contribution < -0.4 is 5.32 Å². The number of aromatic nitrogens is 4. The van der Waals surface area contributed by atoms with Crippen molar-refractivity contribution < 1.29 is 9.32 Å². The maximum atomic E-state index is 12.2. The molecule has 0 aliphatic heterocycles. The minimum Gasteiger partial charge on any atom is -0.339 e. The van der Waals surface area contributed by atoms with Gasteiger partial charge in [0.15, 0.2) is 0 Å². The SMILES string of the molecule is Cc1nc2ccc(NC(=O)CCc3nc(-c4ccncc4)no3)cc2s1. The highest BCUT2D eigenvalue weighted by Gasteiger charge is 2.11. The van der Waals surface area contributed by atoms with Gasteiger partial charge in [-0.2, -0.15) is 4.98 Å². The highest BCUT2D eigenvalue weighted by Crippen LogP contribution is 2.25. The van der Waals surface area contributed by atoms with E-state index in [-0.39, 0.29) is 12.3 Å². The molecule has 3 aromatic heterocycles. The van der Waals surface area contributed by atoms with E-state index in [0.717, 1.165) is 26.5 Å². The maximum Gasteiger partial charge on any atom is 0.227 e. The Hall–Kier alpha value is -3.13. The molecular weight excluding hydrogens is 350 g/mol. The summed E-state index contributed by atoms with van der Waals surface area (Å²) in [4.78, 5) is 24.9. The number of fused-ring (bicyclic) bond motifs is 1. The summed E-state index contributed by atoms with van der Waals surface area (Å²) in [7, 11) is 0. The van der Waals surface area contributed by atoms with Crippen molar-refractivity contribution in [2.45, 2.75) is 19.8 Å². The smallest absolute Gasteiger partial charge is 0.227 e. The lowest BCUT2D eigenvalue weighted by Crippen LogP contribution is -2.12. The van der Waals surface area contributed by atoms with Crippen LogP contribution in [-0.2, 0) is 11.2 Å². The van der Waals surface area contributed by atoms with Crippen molar-refractivity contribution in [1.82, 2.24) is 20.1 Å². The lowest BCUT2D eigenvalue weighted by Gasteiger charge is -2.03. The second-order valence-electron chi connectivity index (χ2n) is 5.71. The summed E-state index contributed by atoms with van der Waals surface area (Å²) < 4.78 is 6.27. The Morgan fingerprint density at radius 2 is 2.04 bits per heavy atom. The number of carbonyl (C=O) groups is 1. The number of carbonyl (C=O) groups excluding carboxylic acids is 1. The highest BCUT2D eigenvalue weighted by molar-refractivity contribution is 7.18.